The van der Waals surface area contributed by atoms with Gasteiger partial charge in [0.2, 0.25) is 0 Å². The van der Waals surface area contributed by atoms with E-state index < -0.39 is 0 Å². The molecule has 0 amide bonds. The van der Waals surface area contributed by atoms with Crippen LogP contribution in [0.25, 0.3) is 0 Å². The molecule has 0 aliphatic carbocycles. The van der Waals surface area contributed by atoms with Crippen molar-refractivity contribution in [1.29, 1.82) is 0 Å². The number of aromatic nitrogens is 3. The molecule has 112 valence electrons. The zero-order chi connectivity index (χ0) is 15.4. The van der Waals surface area contributed by atoms with E-state index >= 15 is 0 Å². The predicted molar refractivity (Wildman–Crippen MR) is 91.1 cm³/mol. The maximum absolute atomic E-state index is 4.69. The van der Waals surface area contributed by atoms with Gasteiger partial charge < -0.3 is 5.32 Å². The van der Waals surface area contributed by atoms with Crippen LogP contribution in [0.3, 0.4) is 0 Å². The van der Waals surface area contributed by atoms with E-state index in [-0.39, 0.29) is 0 Å². The Labute approximate surface area is 138 Å². The van der Waals surface area contributed by atoms with Crippen LogP contribution in [0.5, 0.6) is 0 Å². The molecule has 21 heavy (non-hydrogen) atoms. The first kappa shape index (κ1) is 16.2. The maximum Gasteiger partial charge on any atom is 0.134 e. The molecule has 1 N–H and O–H groups in total. The zero-order valence-electron chi connectivity index (χ0n) is 12.6. The van der Waals surface area contributed by atoms with Crippen LogP contribution in [0.2, 0.25) is 0 Å². The van der Waals surface area contributed by atoms with E-state index in [1.165, 1.54) is 0 Å². The third-order valence-electron chi connectivity index (χ3n) is 2.88. The van der Waals surface area contributed by atoms with E-state index in [1.54, 1.807) is 18.0 Å². The minimum atomic E-state index is 0.292. The third-order valence-corrected chi connectivity index (χ3v) is 4.39. The van der Waals surface area contributed by atoms with E-state index in [0.717, 1.165) is 38.3 Å². The van der Waals surface area contributed by atoms with Crippen molar-refractivity contribution in [2.24, 2.45) is 0 Å². The number of pyridine rings is 1. The molecule has 0 saturated carbocycles. The summed E-state index contributed by atoms with van der Waals surface area (Å²) in [7, 11) is 0. The molecule has 0 aliphatic heterocycles. The number of anilines is 1. The minimum absolute atomic E-state index is 0.292. The highest BCUT2D eigenvalue weighted by atomic mass is 79.9. The average Bonchev–Trinajstić information content (AvgIpc) is 2.45. The lowest BCUT2D eigenvalue weighted by Gasteiger charge is -2.14. The van der Waals surface area contributed by atoms with E-state index in [2.05, 4.69) is 52.0 Å². The number of nitrogens with zero attached hydrogens (tertiary/aromatic N) is 3. The summed E-state index contributed by atoms with van der Waals surface area (Å²) in [5.41, 5.74) is 1.07. The van der Waals surface area contributed by atoms with Gasteiger partial charge in [-0.25, -0.2) is 15.0 Å². The molecule has 2 rings (SSSR count). The second-order valence-electron chi connectivity index (χ2n) is 4.96. The topological polar surface area (TPSA) is 50.7 Å². The van der Waals surface area contributed by atoms with E-state index in [4.69, 9.17) is 4.98 Å². The highest BCUT2D eigenvalue weighted by molar-refractivity contribution is 9.10. The number of rotatable bonds is 5. The fourth-order valence-corrected chi connectivity index (χ4v) is 2.79. The van der Waals surface area contributed by atoms with Crippen molar-refractivity contribution in [3.8, 4) is 0 Å². The Bertz CT molecular complexity index is 614. The van der Waals surface area contributed by atoms with Gasteiger partial charge in [0.25, 0.3) is 0 Å². The van der Waals surface area contributed by atoms with Crippen LogP contribution < -0.4 is 5.32 Å². The van der Waals surface area contributed by atoms with Crippen LogP contribution in [-0.2, 0) is 0 Å². The van der Waals surface area contributed by atoms with Crippen molar-refractivity contribution in [3.63, 3.8) is 0 Å². The van der Waals surface area contributed by atoms with Gasteiger partial charge in [-0.3, -0.25) is 0 Å². The molecule has 0 radical (unpaired) electrons. The van der Waals surface area contributed by atoms with Gasteiger partial charge in [0.15, 0.2) is 0 Å². The van der Waals surface area contributed by atoms with Gasteiger partial charge >= 0.3 is 0 Å². The molecule has 0 unspecified atom stereocenters. The molecule has 0 aliphatic rings. The van der Waals surface area contributed by atoms with Crippen molar-refractivity contribution in [1.82, 2.24) is 15.0 Å². The zero-order valence-corrected chi connectivity index (χ0v) is 15.0. The van der Waals surface area contributed by atoms with Crippen molar-refractivity contribution in [3.05, 3.63) is 34.2 Å². The Hall–Kier alpha value is -1.14. The van der Waals surface area contributed by atoms with Crippen molar-refractivity contribution in [2.45, 2.75) is 43.7 Å². The Kier molecular flexibility index (Phi) is 5.58. The van der Waals surface area contributed by atoms with Crippen molar-refractivity contribution in [2.75, 3.05) is 11.9 Å². The maximum atomic E-state index is 4.69. The molecule has 0 saturated heterocycles. The second-order valence-corrected chi connectivity index (χ2v) is 6.89. The smallest absolute Gasteiger partial charge is 0.134 e. The quantitative estimate of drug-likeness (QED) is 0.780. The van der Waals surface area contributed by atoms with Crippen molar-refractivity contribution >= 4 is 33.5 Å². The van der Waals surface area contributed by atoms with Gasteiger partial charge in [0.05, 0.1) is 0 Å². The number of halogens is 1. The standard InChI is InChI=1S/C15H19BrN4S/c1-5-17-14-10(4)15(20-13(19-14)9(2)3)21-12-7-6-11(16)8-18-12/h6-9H,5H2,1-4H3,(H,17,19,20). The Morgan fingerprint density at radius 1 is 1.29 bits per heavy atom. The van der Waals surface area contributed by atoms with Crippen LogP contribution in [0, 0.1) is 6.92 Å². The number of nitrogens with one attached hydrogen (secondary N) is 1. The second kappa shape index (κ2) is 7.22. The third kappa shape index (κ3) is 4.17. The van der Waals surface area contributed by atoms with E-state index in [0.29, 0.717) is 5.92 Å². The van der Waals surface area contributed by atoms with Gasteiger partial charge in [-0.2, -0.15) is 0 Å². The van der Waals surface area contributed by atoms with E-state index in [1.807, 2.05) is 19.1 Å². The molecule has 6 heteroatoms. The van der Waals surface area contributed by atoms with Crippen LogP contribution >= 0.6 is 27.7 Å². The molecule has 0 bridgehead atoms. The summed E-state index contributed by atoms with van der Waals surface area (Å²) >= 11 is 4.97. The summed E-state index contributed by atoms with van der Waals surface area (Å²) in [4.78, 5) is 13.7. The van der Waals surface area contributed by atoms with Crippen LogP contribution in [0.1, 0.15) is 38.1 Å². The lowest BCUT2D eigenvalue weighted by atomic mass is 10.2. The molecule has 0 fully saturated rings. The normalized spacial score (nSPS) is 11.0. The fourth-order valence-electron chi connectivity index (χ4n) is 1.73. The summed E-state index contributed by atoms with van der Waals surface area (Å²) in [6, 6.07) is 3.97. The van der Waals surface area contributed by atoms with Gasteiger partial charge in [-0.15, -0.1) is 0 Å². The van der Waals surface area contributed by atoms with Gasteiger partial charge in [0.1, 0.15) is 21.7 Å². The first-order chi connectivity index (χ1) is 10.0. The number of hydrogen-bond donors (Lipinski definition) is 1. The Morgan fingerprint density at radius 3 is 2.62 bits per heavy atom. The largest absolute Gasteiger partial charge is 0.370 e. The lowest BCUT2D eigenvalue weighted by Crippen LogP contribution is -2.08. The van der Waals surface area contributed by atoms with Crippen molar-refractivity contribution < 1.29 is 0 Å². The first-order valence-electron chi connectivity index (χ1n) is 6.93. The first-order valence-corrected chi connectivity index (χ1v) is 8.54. The molecule has 0 spiro atoms. The summed E-state index contributed by atoms with van der Waals surface area (Å²) < 4.78 is 0.975. The molecule has 2 aromatic rings. The SMILES string of the molecule is CCNc1nc(C(C)C)nc(Sc2ccc(Br)cn2)c1C. The lowest BCUT2D eigenvalue weighted by molar-refractivity contribution is 0.748. The summed E-state index contributed by atoms with van der Waals surface area (Å²) in [6.45, 7) is 9.17. The fraction of sp³-hybridized carbons (Fsp3) is 0.400. The molecule has 2 aromatic heterocycles. The Balaban J connectivity index is 2.38. The molecular weight excluding hydrogens is 348 g/mol. The monoisotopic (exact) mass is 366 g/mol. The molecular formula is C15H19BrN4S. The number of hydrogen-bond acceptors (Lipinski definition) is 5. The van der Waals surface area contributed by atoms with Crippen LogP contribution in [-0.4, -0.2) is 21.5 Å². The Morgan fingerprint density at radius 2 is 2.05 bits per heavy atom. The van der Waals surface area contributed by atoms with Gasteiger partial charge in [-0.1, -0.05) is 13.8 Å². The highest BCUT2D eigenvalue weighted by Crippen LogP contribution is 2.31. The molecule has 0 atom stereocenters. The highest BCUT2D eigenvalue weighted by Gasteiger charge is 2.14. The predicted octanol–water partition coefficient (Wildman–Crippen LogP) is 4.65. The minimum Gasteiger partial charge on any atom is -0.370 e. The molecule has 2 heterocycles. The summed E-state index contributed by atoms with van der Waals surface area (Å²) in [5.74, 6) is 2.06. The molecule has 0 aromatic carbocycles. The van der Waals surface area contributed by atoms with Gasteiger partial charge in [-0.05, 0) is 53.7 Å². The average molecular weight is 367 g/mol. The van der Waals surface area contributed by atoms with E-state index in [9.17, 15) is 0 Å². The summed E-state index contributed by atoms with van der Waals surface area (Å²) in [6.07, 6.45) is 1.80. The van der Waals surface area contributed by atoms with Crippen LogP contribution in [0.4, 0.5) is 5.82 Å². The van der Waals surface area contributed by atoms with Crippen LogP contribution in [0.15, 0.2) is 32.9 Å². The molecule has 4 nitrogen and oxygen atoms in total. The summed E-state index contributed by atoms with van der Waals surface area (Å²) in [5, 5.41) is 5.20. The van der Waals surface area contributed by atoms with Gasteiger partial charge in [0, 0.05) is 28.7 Å².